The van der Waals surface area contributed by atoms with Crippen LogP contribution in [-0.2, 0) is 0 Å². The van der Waals surface area contributed by atoms with E-state index >= 15 is 0 Å². The summed E-state index contributed by atoms with van der Waals surface area (Å²) < 4.78 is 6.87. The van der Waals surface area contributed by atoms with Crippen molar-refractivity contribution < 1.29 is 4.74 Å². The summed E-state index contributed by atoms with van der Waals surface area (Å²) in [4.78, 5) is 21.6. The molecule has 0 fully saturated rings. The Labute approximate surface area is 145 Å². The van der Waals surface area contributed by atoms with Crippen molar-refractivity contribution in [3.63, 3.8) is 0 Å². The van der Waals surface area contributed by atoms with Gasteiger partial charge < -0.3 is 10.5 Å². The van der Waals surface area contributed by atoms with Gasteiger partial charge in [-0.2, -0.15) is 10.2 Å². The summed E-state index contributed by atoms with van der Waals surface area (Å²) in [6.07, 6.45) is 1.77. The summed E-state index contributed by atoms with van der Waals surface area (Å²) in [6.45, 7) is 0. The van der Waals surface area contributed by atoms with Gasteiger partial charge in [-0.05, 0) is 17.7 Å². The van der Waals surface area contributed by atoms with E-state index in [2.05, 4.69) is 16.0 Å². The molecule has 0 aliphatic rings. The average Bonchev–Trinajstić information content (AvgIpc) is 3.09. The number of hydrogen-bond acceptors (Lipinski definition) is 7. The molecule has 0 bridgehead atoms. The van der Waals surface area contributed by atoms with Crippen LogP contribution in [-0.4, -0.2) is 21.5 Å². The molecule has 0 aliphatic heterocycles. The first-order valence-corrected chi connectivity index (χ1v) is 8.15. The van der Waals surface area contributed by atoms with E-state index in [0.717, 1.165) is 0 Å². The summed E-state index contributed by atoms with van der Waals surface area (Å²) in [5.74, 6) is 0.745. The van der Waals surface area contributed by atoms with Crippen LogP contribution in [0.15, 0.2) is 40.6 Å². The molecule has 122 valence electrons. The number of pyridine rings is 1. The zero-order valence-corrected chi connectivity index (χ0v) is 13.9. The lowest BCUT2D eigenvalue weighted by Crippen LogP contribution is -2.13. The van der Waals surface area contributed by atoms with Crippen LogP contribution in [0.2, 0.25) is 0 Å². The molecule has 0 radical (unpaired) electrons. The number of rotatable bonds is 2. The Morgan fingerprint density at radius 3 is 2.72 bits per heavy atom. The van der Waals surface area contributed by atoms with Crippen LogP contribution < -0.4 is 16.0 Å². The standard InChI is InChI=1S/C17H11N5O2S/c1-24-10-4-2-9(3-5-10)12-11(8-18)14(19)20-15-13(12)16(23)21-17-22(15)6-7-25-17/h2-7H,1H3,(H2,19,20). The topological polar surface area (TPSA) is 106 Å². The van der Waals surface area contributed by atoms with Crippen LogP contribution in [0.1, 0.15) is 5.56 Å². The number of nitriles is 1. The number of aromatic nitrogens is 3. The van der Waals surface area contributed by atoms with Crippen molar-refractivity contribution in [3.8, 4) is 22.9 Å². The number of nitrogens with zero attached hydrogens (tertiary/aromatic N) is 4. The molecule has 7 nitrogen and oxygen atoms in total. The third-order valence-electron chi connectivity index (χ3n) is 3.93. The molecule has 0 saturated heterocycles. The number of methoxy groups -OCH3 is 1. The van der Waals surface area contributed by atoms with Crippen molar-refractivity contribution in [2.45, 2.75) is 0 Å². The normalized spacial score (nSPS) is 10.9. The minimum Gasteiger partial charge on any atom is -0.497 e. The second kappa shape index (κ2) is 5.58. The number of fused-ring (bicyclic) bond motifs is 3. The van der Waals surface area contributed by atoms with E-state index in [1.807, 2.05) is 5.38 Å². The number of benzene rings is 1. The zero-order chi connectivity index (χ0) is 17.6. The van der Waals surface area contributed by atoms with Gasteiger partial charge in [0.2, 0.25) is 0 Å². The number of nitrogen functional groups attached to an aromatic ring is 1. The van der Waals surface area contributed by atoms with Gasteiger partial charge in [0.15, 0.2) is 10.6 Å². The molecule has 25 heavy (non-hydrogen) atoms. The van der Waals surface area contributed by atoms with Crippen LogP contribution in [0.3, 0.4) is 0 Å². The SMILES string of the molecule is COc1ccc(-c2c(C#N)c(N)nc3c2c(=O)nc2sccn23)cc1. The number of anilines is 1. The highest BCUT2D eigenvalue weighted by Crippen LogP contribution is 2.33. The van der Waals surface area contributed by atoms with Crippen molar-refractivity contribution in [2.24, 2.45) is 0 Å². The fraction of sp³-hybridized carbons (Fsp3) is 0.0588. The first kappa shape index (κ1) is 15.1. The lowest BCUT2D eigenvalue weighted by Gasteiger charge is -2.11. The number of hydrogen-bond donors (Lipinski definition) is 1. The summed E-state index contributed by atoms with van der Waals surface area (Å²) in [7, 11) is 1.57. The van der Waals surface area contributed by atoms with Crippen molar-refractivity contribution in [3.05, 3.63) is 51.8 Å². The van der Waals surface area contributed by atoms with Gasteiger partial charge in [-0.15, -0.1) is 11.3 Å². The summed E-state index contributed by atoms with van der Waals surface area (Å²) in [6, 6.07) is 9.12. The van der Waals surface area contributed by atoms with E-state index in [1.165, 1.54) is 11.3 Å². The highest BCUT2D eigenvalue weighted by Gasteiger charge is 2.20. The lowest BCUT2D eigenvalue weighted by atomic mass is 9.98. The third kappa shape index (κ3) is 2.21. The number of ether oxygens (including phenoxy) is 1. The number of thiazole rings is 1. The Morgan fingerprint density at radius 1 is 1.28 bits per heavy atom. The van der Waals surface area contributed by atoms with Crippen LogP contribution in [0.5, 0.6) is 5.75 Å². The van der Waals surface area contributed by atoms with Gasteiger partial charge in [0, 0.05) is 17.1 Å². The monoisotopic (exact) mass is 349 g/mol. The first-order valence-electron chi connectivity index (χ1n) is 7.27. The van der Waals surface area contributed by atoms with Gasteiger partial charge >= 0.3 is 0 Å². The third-order valence-corrected chi connectivity index (χ3v) is 4.68. The Bertz CT molecular complexity index is 1220. The highest BCUT2D eigenvalue weighted by molar-refractivity contribution is 7.15. The maximum absolute atomic E-state index is 12.7. The minimum absolute atomic E-state index is 0.0754. The smallest absolute Gasteiger partial charge is 0.284 e. The Balaban J connectivity index is 2.20. The van der Waals surface area contributed by atoms with Gasteiger partial charge in [0.1, 0.15) is 23.2 Å². The van der Waals surface area contributed by atoms with Gasteiger partial charge in [-0.25, -0.2) is 4.98 Å². The molecule has 4 aromatic rings. The molecule has 0 atom stereocenters. The second-order valence-corrected chi connectivity index (χ2v) is 6.13. The van der Waals surface area contributed by atoms with Gasteiger partial charge in [-0.1, -0.05) is 12.1 Å². The van der Waals surface area contributed by atoms with E-state index < -0.39 is 5.56 Å². The van der Waals surface area contributed by atoms with E-state index in [1.54, 1.807) is 42.0 Å². The molecule has 0 spiro atoms. The average molecular weight is 349 g/mol. The lowest BCUT2D eigenvalue weighted by molar-refractivity contribution is 0.415. The van der Waals surface area contributed by atoms with Crippen LogP contribution >= 0.6 is 11.3 Å². The van der Waals surface area contributed by atoms with E-state index in [9.17, 15) is 10.1 Å². The Kier molecular flexibility index (Phi) is 3.37. The molecule has 2 N–H and O–H groups in total. The first-order chi connectivity index (χ1) is 12.1. The number of nitrogens with two attached hydrogens (primary N) is 1. The fourth-order valence-corrected chi connectivity index (χ4v) is 3.48. The molecule has 0 unspecified atom stereocenters. The summed E-state index contributed by atoms with van der Waals surface area (Å²) in [5.41, 5.74) is 7.23. The zero-order valence-electron chi connectivity index (χ0n) is 13.1. The fourth-order valence-electron chi connectivity index (χ4n) is 2.78. The molecular weight excluding hydrogens is 338 g/mol. The molecule has 0 amide bonds. The Hall–Kier alpha value is -3.44. The van der Waals surface area contributed by atoms with Crippen molar-refractivity contribution in [2.75, 3.05) is 12.8 Å². The highest BCUT2D eigenvalue weighted by atomic mass is 32.1. The molecule has 0 aliphatic carbocycles. The van der Waals surface area contributed by atoms with E-state index in [-0.39, 0.29) is 16.8 Å². The molecule has 1 aromatic carbocycles. The Morgan fingerprint density at radius 2 is 2.04 bits per heavy atom. The predicted octanol–water partition coefficient (Wildman–Crippen LogP) is 2.43. The van der Waals surface area contributed by atoms with Crippen LogP contribution in [0.25, 0.3) is 27.1 Å². The largest absolute Gasteiger partial charge is 0.497 e. The van der Waals surface area contributed by atoms with Gasteiger partial charge in [-0.3, -0.25) is 9.20 Å². The molecule has 3 aromatic heterocycles. The van der Waals surface area contributed by atoms with Crippen LogP contribution in [0.4, 0.5) is 5.82 Å². The second-order valence-electron chi connectivity index (χ2n) is 5.26. The summed E-state index contributed by atoms with van der Waals surface area (Å²) in [5, 5.41) is 11.6. The predicted molar refractivity (Wildman–Crippen MR) is 95.8 cm³/mol. The van der Waals surface area contributed by atoms with Crippen molar-refractivity contribution in [1.82, 2.24) is 14.4 Å². The van der Waals surface area contributed by atoms with E-state index in [0.29, 0.717) is 27.5 Å². The summed E-state index contributed by atoms with van der Waals surface area (Å²) >= 11 is 1.33. The maximum Gasteiger partial charge on any atom is 0.284 e. The van der Waals surface area contributed by atoms with E-state index in [4.69, 9.17) is 10.5 Å². The molecule has 4 rings (SSSR count). The van der Waals surface area contributed by atoms with Crippen molar-refractivity contribution >= 4 is 33.1 Å². The van der Waals surface area contributed by atoms with Crippen molar-refractivity contribution in [1.29, 1.82) is 5.26 Å². The molecule has 3 heterocycles. The molecule has 0 saturated carbocycles. The quantitative estimate of drug-likeness (QED) is 0.596. The van der Waals surface area contributed by atoms with Gasteiger partial charge in [0.25, 0.3) is 5.56 Å². The molecule has 8 heteroatoms. The molecular formula is C17H11N5O2S. The minimum atomic E-state index is -0.438. The maximum atomic E-state index is 12.7. The van der Waals surface area contributed by atoms with Gasteiger partial charge in [0.05, 0.1) is 12.5 Å². The van der Waals surface area contributed by atoms with Crippen LogP contribution in [0, 0.1) is 11.3 Å².